The first kappa shape index (κ1) is 10.3. The largest absolute Gasteiger partial charge is 0.480 e. The van der Waals surface area contributed by atoms with Crippen LogP contribution in [0, 0.1) is 5.92 Å². The summed E-state index contributed by atoms with van der Waals surface area (Å²) in [6.07, 6.45) is 0.980. The maximum atomic E-state index is 10.9. The predicted molar refractivity (Wildman–Crippen MR) is 46.3 cm³/mol. The Kier molecular flexibility index (Phi) is 3.30. The van der Waals surface area contributed by atoms with E-state index in [0.29, 0.717) is 19.4 Å². The molecule has 7 nitrogen and oxygen atoms in total. The second-order valence-corrected chi connectivity index (χ2v) is 3.03. The molecule has 1 aliphatic heterocycles. The van der Waals surface area contributed by atoms with Crippen molar-refractivity contribution >= 4 is 11.9 Å². The van der Waals surface area contributed by atoms with Gasteiger partial charge in [-0.25, -0.2) is 4.79 Å². The van der Waals surface area contributed by atoms with Crippen LogP contribution in [0.5, 0.6) is 0 Å². The molecule has 0 aromatic heterocycles. The van der Waals surface area contributed by atoms with Gasteiger partial charge in [-0.2, -0.15) is 0 Å². The number of azide groups is 1. The van der Waals surface area contributed by atoms with E-state index in [-0.39, 0.29) is 5.91 Å². The van der Waals surface area contributed by atoms with Crippen molar-refractivity contribution in [3.05, 3.63) is 10.4 Å². The minimum Gasteiger partial charge on any atom is -0.480 e. The standard InChI is InChI=1S/C7H10N4O3/c8-11-9-3-1-2-4-5(7(13)14)10-6(4)12/h4-5H,1-3H2,(H,10,12)(H,13,14). The summed E-state index contributed by atoms with van der Waals surface area (Å²) in [5.74, 6) is -1.72. The van der Waals surface area contributed by atoms with Gasteiger partial charge in [0, 0.05) is 11.5 Å². The Bertz CT molecular complexity index is 297. The number of β-lactam (4-membered cyclic amide) rings is 1. The fourth-order valence-corrected chi connectivity index (χ4v) is 1.37. The molecule has 14 heavy (non-hydrogen) atoms. The molecule has 1 aliphatic rings. The third-order valence-corrected chi connectivity index (χ3v) is 2.14. The zero-order chi connectivity index (χ0) is 10.6. The van der Waals surface area contributed by atoms with Gasteiger partial charge in [0.15, 0.2) is 0 Å². The summed E-state index contributed by atoms with van der Waals surface area (Å²) < 4.78 is 0. The van der Waals surface area contributed by atoms with Crippen LogP contribution in [-0.4, -0.2) is 29.6 Å². The second-order valence-electron chi connectivity index (χ2n) is 3.03. The molecule has 1 saturated heterocycles. The van der Waals surface area contributed by atoms with Gasteiger partial charge in [0.1, 0.15) is 6.04 Å². The van der Waals surface area contributed by atoms with Crippen molar-refractivity contribution in [3.8, 4) is 0 Å². The lowest BCUT2D eigenvalue weighted by molar-refractivity contribution is -0.153. The van der Waals surface area contributed by atoms with Crippen LogP contribution >= 0.6 is 0 Å². The van der Waals surface area contributed by atoms with E-state index in [9.17, 15) is 9.59 Å². The molecular weight excluding hydrogens is 188 g/mol. The van der Waals surface area contributed by atoms with Gasteiger partial charge in [-0.3, -0.25) is 4.79 Å². The summed E-state index contributed by atoms with van der Waals surface area (Å²) in [6, 6.07) is -0.770. The summed E-state index contributed by atoms with van der Waals surface area (Å²) in [4.78, 5) is 24.0. The molecular formula is C7H10N4O3. The van der Waals surface area contributed by atoms with Crippen LogP contribution < -0.4 is 5.32 Å². The molecule has 0 spiro atoms. The molecule has 1 amide bonds. The van der Waals surface area contributed by atoms with Gasteiger partial charge >= 0.3 is 5.97 Å². The van der Waals surface area contributed by atoms with E-state index in [1.807, 2.05) is 0 Å². The van der Waals surface area contributed by atoms with Gasteiger partial charge in [0.05, 0.1) is 5.92 Å². The number of nitrogens with one attached hydrogen (secondary N) is 1. The molecule has 7 heteroatoms. The van der Waals surface area contributed by atoms with Crippen LogP contribution in [0.15, 0.2) is 5.11 Å². The van der Waals surface area contributed by atoms with Crippen molar-refractivity contribution in [2.45, 2.75) is 18.9 Å². The zero-order valence-electron chi connectivity index (χ0n) is 7.38. The molecule has 1 rings (SSSR count). The normalized spacial score (nSPS) is 24.4. The highest BCUT2D eigenvalue weighted by molar-refractivity contribution is 5.96. The first-order chi connectivity index (χ1) is 6.66. The second kappa shape index (κ2) is 4.48. The van der Waals surface area contributed by atoms with Crippen molar-refractivity contribution in [2.24, 2.45) is 11.0 Å². The number of rotatable bonds is 5. The molecule has 0 aromatic carbocycles. The zero-order valence-corrected chi connectivity index (χ0v) is 7.38. The van der Waals surface area contributed by atoms with Gasteiger partial charge in [-0.15, -0.1) is 0 Å². The number of carboxylic acids is 1. The number of nitrogens with zero attached hydrogens (tertiary/aromatic N) is 3. The average molecular weight is 198 g/mol. The first-order valence-corrected chi connectivity index (χ1v) is 4.21. The maximum Gasteiger partial charge on any atom is 0.327 e. The van der Waals surface area contributed by atoms with E-state index in [0.717, 1.165) is 0 Å². The quantitative estimate of drug-likeness (QED) is 0.217. The van der Waals surface area contributed by atoms with Crippen LogP contribution in [-0.2, 0) is 9.59 Å². The molecule has 0 radical (unpaired) electrons. The number of hydrogen-bond donors (Lipinski definition) is 2. The minimum atomic E-state index is -1.02. The van der Waals surface area contributed by atoms with Crippen LogP contribution in [0.1, 0.15) is 12.8 Å². The highest BCUT2D eigenvalue weighted by Crippen LogP contribution is 2.20. The van der Waals surface area contributed by atoms with Crippen LogP contribution in [0.25, 0.3) is 10.4 Å². The van der Waals surface area contributed by atoms with E-state index in [1.54, 1.807) is 0 Å². The summed E-state index contributed by atoms with van der Waals surface area (Å²) in [6.45, 7) is 0.298. The van der Waals surface area contributed by atoms with Crippen molar-refractivity contribution in [3.63, 3.8) is 0 Å². The van der Waals surface area contributed by atoms with E-state index in [2.05, 4.69) is 15.3 Å². The molecule has 0 bridgehead atoms. The van der Waals surface area contributed by atoms with E-state index < -0.39 is 17.9 Å². The Hall–Kier alpha value is -1.75. The molecule has 2 atom stereocenters. The predicted octanol–water partition coefficient (Wildman–Crippen LogP) is 0.276. The van der Waals surface area contributed by atoms with Gasteiger partial charge in [0.2, 0.25) is 5.91 Å². The minimum absolute atomic E-state index is 0.238. The molecule has 0 aromatic rings. The van der Waals surface area contributed by atoms with Crippen molar-refractivity contribution in [2.75, 3.05) is 6.54 Å². The summed E-state index contributed by atoms with van der Waals surface area (Å²) in [7, 11) is 0. The lowest BCUT2D eigenvalue weighted by Crippen LogP contribution is -2.61. The van der Waals surface area contributed by atoms with Gasteiger partial charge in [-0.1, -0.05) is 5.11 Å². The molecule has 76 valence electrons. The molecule has 2 N–H and O–H groups in total. The summed E-state index contributed by atoms with van der Waals surface area (Å²) in [5.41, 5.74) is 7.98. The first-order valence-electron chi connectivity index (χ1n) is 4.21. The monoisotopic (exact) mass is 198 g/mol. The third kappa shape index (κ3) is 2.14. The van der Waals surface area contributed by atoms with E-state index in [1.165, 1.54) is 0 Å². The highest BCUT2D eigenvalue weighted by atomic mass is 16.4. The molecule has 1 heterocycles. The molecule has 0 aliphatic carbocycles. The van der Waals surface area contributed by atoms with Crippen LogP contribution in [0.4, 0.5) is 0 Å². The third-order valence-electron chi connectivity index (χ3n) is 2.14. The fourth-order valence-electron chi connectivity index (χ4n) is 1.37. The van der Waals surface area contributed by atoms with E-state index >= 15 is 0 Å². The SMILES string of the molecule is [N-]=[N+]=NCCCC1C(=O)NC1C(=O)O. The number of aliphatic carboxylic acids is 1. The van der Waals surface area contributed by atoms with Gasteiger partial charge < -0.3 is 10.4 Å². The topological polar surface area (TPSA) is 115 Å². The maximum absolute atomic E-state index is 10.9. The number of carbonyl (C=O) groups is 2. The van der Waals surface area contributed by atoms with Gasteiger partial charge in [0.25, 0.3) is 0 Å². The molecule has 1 fully saturated rings. The van der Waals surface area contributed by atoms with Crippen LogP contribution in [0.3, 0.4) is 0 Å². The Morgan fingerprint density at radius 3 is 2.93 bits per heavy atom. The Balaban J connectivity index is 2.32. The van der Waals surface area contributed by atoms with Gasteiger partial charge in [-0.05, 0) is 18.4 Å². The average Bonchev–Trinajstić information content (AvgIpc) is 2.13. The molecule has 0 saturated carbocycles. The van der Waals surface area contributed by atoms with Crippen LogP contribution in [0.2, 0.25) is 0 Å². The Morgan fingerprint density at radius 1 is 1.71 bits per heavy atom. The number of carbonyl (C=O) groups excluding carboxylic acids is 1. The Labute approximate surface area is 79.7 Å². The highest BCUT2D eigenvalue weighted by Gasteiger charge is 2.43. The van der Waals surface area contributed by atoms with E-state index in [4.69, 9.17) is 10.6 Å². The number of carboxylic acid groups (broad SMARTS) is 1. The fraction of sp³-hybridized carbons (Fsp3) is 0.714. The lowest BCUT2D eigenvalue weighted by Gasteiger charge is -2.33. The summed E-state index contributed by atoms with van der Waals surface area (Å²) in [5, 5.41) is 14.2. The lowest BCUT2D eigenvalue weighted by atomic mass is 9.86. The number of amides is 1. The van der Waals surface area contributed by atoms with Crippen molar-refractivity contribution in [1.82, 2.24) is 5.32 Å². The number of hydrogen-bond acceptors (Lipinski definition) is 3. The molecule has 2 unspecified atom stereocenters. The van der Waals surface area contributed by atoms with Crippen molar-refractivity contribution in [1.29, 1.82) is 0 Å². The summed E-state index contributed by atoms with van der Waals surface area (Å²) >= 11 is 0. The van der Waals surface area contributed by atoms with Crippen molar-refractivity contribution < 1.29 is 14.7 Å². The smallest absolute Gasteiger partial charge is 0.327 e. The Morgan fingerprint density at radius 2 is 2.43 bits per heavy atom.